The Kier molecular flexibility index (Phi) is 5.69. The maximum Gasteiger partial charge on any atom is 0.0797 e. The minimum atomic E-state index is 0. The van der Waals surface area contributed by atoms with Crippen LogP contribution in [0.4, 0.5) is 0 Å². The molecule has 3 nitrogen and oxygen atoms in total. The van der Waals surface area contributed by atoms with E-state index in [2.05, 4.69) is 29.0 Å². The molecule has 16 heavy (non-hydrogen) atoms. The van der Waals surface area contributed by atoms with Crippen LogP contribution in [-0.2, 0) is 6.42 Å². The Hall–Kier alpha value is -0.160. The lowest BCUT2D eigenvalue weighted by molar-refractivity contribution is 0.209. The van der Waals surface area contributed by atoms with Gasteiger partial charge < -0.3 is 10.2 Å². The Labute approximate surface area is 108 Å². The maximum atomic E-state index is 4.28. The molecule has 0 spiro atoms. The van der Waals surface area contributed by atoms with Gasteiger partial charge in [0.2, 0.25) is 0 Å². The smallest absolute Gasteiger partial charge is 0.0797 e. The second-order valence-corrected chi connectivity index (χ2v) is 5.21. The Balaban J connectivity index is 0.00000128. The number of nitrogens with one attached hydrogen (secondary N) is 1. The maximum absolute atomic E-state index is 4.28. The molecule has 1 atom stereocenters. The largest absolute Gasteiger partial charge is 0.312 e. The van der Waals surface area contributed by atoms with E-state index in [0.29, 0.717) is 6.04 Å². The molecule has 2 rings (SSSR count). The molecular formula is C11H20ClN3S. The Morgan fingerprint density at radius 2 is 2.44 bits per heavy atom. The molecule has 0 unspecified atom stereocenters. The van der Waals surface area contributed by atoms with Crippen LogP contribution >= 0.6 is 23.7 Å². The zero-order valence-electron chi connectivity index (χ0n) is 9.90. The first-order chi connectivity index (χ1) is 7.25. The molecule has 0 bridgehead atoms. The average Bonchev–Trinajstić information content (AvgIpc) is 2.61. The number of aromatic nitrogens is 1. The molecule has 1 aliphatic rings. The predicted molar refractivity (Wildman–Crippen MR) is 71.7 cm³/mol. The lowest BCUT2D eigenvalue weighted by Gasteiger charge is -2.31. The van der Waals surface area contributed by atoms with Gasteiger partial charge in [0.05, 0.1) is 11.2 Å². The number of halogens is 1. The Bertz CT molecular complexity index is 316. The third-order valence-corrected chi connectivity index (χ3v) is 3.95. The molecule has 2 heterocycles. The van der Waals surface area contributed by atoms with E-state index in [-0.39, 0.29) is 12.4 Å². The predicted octanol–water partition coefficient (Wildman–Crippen LogP) is 1.71. The summed E-state index contributed by atoms with van der Waals surface area (Å²) < 4.78 is 0. The van der Waals surface area contributed by atoms with Crippen molar-refractivity contribution in [3.63, 3.8) is 0 Å². The highest BCUT2D eigenvalue weighted by atomic mass is 35.5. The summed E-state index contributed by atoms with van der Waals surface area (Å²) in [5.74, 6) is 0. The minimum Gasteiger partial charge on any atom is -0.312 e. The molecule has 1 aromatic rings. The zero-order chi connectivity index (χ0) is 10.7. The molecule has 0 amide bonds. The Morgan fingerprint density at radius 1 is 1.62 bits per heavy atom. The number of aryl methyl sites for hydroxylation is 1. The van der Waals surface area contributed by atoms with Crippen LogP contribution in [0, 0.1) is 6.92 Å². The summed E-state index contributed by atoms with van der Waals surface area (Å²) in [7, 11) is 0. The van der Waals surface area contributed by atoms with Crippen molar-refractivity contribution < 1.29 is 0 Å². The summed E-state index contributed by atoms with van der Waals surface area (Å²) in [6.07, 6.45) is 1.16. The summed E-state index contributed by atoms with van der Waals surface area (Å²) in [4.78, 5) is 8.27. The molecule has 0 aliphatic carbocycles. The van der Waals surface area contributed by atoms with E-state index in [4.69, 9.17) is 0 Å². The van der Waals surface area contributed by atoms with Gasteiger partial charge in [0.15, 0.2) is 0 Å². The zero-order valence-corrected chi connectivity index (χ0v) is 11.5. The van der Waals surface area contributed by atoms with Gasteiger partial charge in [0.25, 0.3) is 0 Å². The topological polar surface area (TPSA) is 28.2 Å². The standard InChI is InChI=1S/C11H19N3S.ClH/c1-9-7-14(6-4-12-9)5-3-11-10(2)13-8-15-11;/h8-9,12H,3-7H2,1-2H3;1H/t9-;/m0./s1. The monoisotopic (exact) mass is 261 g/mol. The van der Waals surface area contributed by atoms with Gasteiger partial charge in [0.1, 0.15) is 0 Å². The van der Waals surface area contributed by atoms with Crippen LogP contribution in [-0.4, -0.2) is 42.1 Å². The first-order valence-electron chi connectivity index (χ1n) is 5.60. The fraction of sp³-hybridized carbons (Fsp3) is 0.727. The van der Waals surface area contributed by atoms with Crippen molar-refractivity contribution in [1.82, 2.24) is 15.2 Å². The van der Waals surface area contributed by atoms with Gasteiger partial charge in [-0.3, -0.25) is 0 Å². The van der Waals surface area contributed by atoms with Crippen molar-refractivity contribution in [3.05, 3.63) is 16.1 Å². The average molecular weight is 262 g/mol. The van der Waals surface area contributed by atoms with Crippen molar-refractivity contribution in [2.24, 2.45) is 0 Å². The summed E-state index contributed by atoms with van der Waals surface area (Å²) in [5.41, 5.74) is 3.16. The van der Waals surface area contributed by atoms with Gasteiger partial charge in [-0.2, -0.15) is 0 Å². The first kappa shape index (κ1) is 13.9. The van der Waals surface area contributed by atoms with Crippen molar-refractivity contribution in [2.75, 3.05) is 26.2 Å². The minimum absolute atomic E-state index is 0. The Morgan fingerprint density at radius 3 is 3.06 bits per heavy atom. The fourth-order valence-electron chi connectivity index (χ4n) is 2.04. The molecule has 1 aliphatic heterocycles. The number of nitrogens with zero attached hydrogens (tertiary/aromatic N) is 2. The lowest BCUT2D eigenvalue weighted by atomic mass is 10.2. The van der Waals surface area contributed by atoms with Crippen molar-refractivity contribution in [1.29, 1.82) is 0 Å². The number of hydrogen-bond donors (Lipinski definition) is 1. The normalized spacial score (nSPS) is 21.8. The van der Waals surface area contributed by atoms with Gasteiger partial charge in [-0.15, -0.1) is 23.7 Å². The molecule has 92 valence electrons. The van der Waals surface area contributed by atoms with E-state index in [1.54, 1.807) is 11.3 Å². The van der Waals surface area contributed by atoms with E-state index in [0.717, 1.165) is 13.0 Å². The molecule has 0 saturated carbocycles. The van der Waals surface area contributed by atoms with Gasteiger partial charge in [0, 0.05) is 37.1 Å². The first-order valence-corrected chi connectivity index (χ1v) is 6.48. The summed E-state index contributed by atoms with van der Waals surface area (Å²) >= 11 is 1.79. The number of rotatable bonds is 3. The van der Waals surface area contributed by atoms with Crippen molar-refractivity contribution in [3.8, 4) is 0 Å². The van der Waals surface area contributed by atoms with Crippen molar-refractivity contribution >= 4 is 23.7 Å². The summed E-state index contributed by atoms with van der Waals surface area (Å²) in [5, 5.41) is 3.47. The van der Waals surface area contributed by atoms with E-state index < -0.39 is 0 Å². The van der Waals surface area contributed by atoms with Crippen LogP contribution in [0.5, 0.6) is 0 Å². The molecule has 1 N–H and O–H groups in total. The highest BCUT2D eigenvalue weighted by Gasteiger charge is 2.15. The van der Waals surface area contributed by atoms with Crippen molar-refractivity contribution in [2.45, 2.75) is 26.3 Å². The van der Waals surface area contributed by atoms with Crippen LogP contribution < -0.4 is 5.32 Å². The quantitative estimate of drug-likeness (QED) is 0.898. The van der Waals surface area contributed by atoms with Crippen LogP contribution in [0.2, 0.25) is 0 Å². The molecule has 1 aromatic heterocycles. The second-order valence-electron chi connectivity index (χ2n) is 4.27. The van der Waals surface area contributed by atoms with Crippen LogP contribution in [0.1, 0.15) is 17.5 Å². The van der Waals surface area contributed by atoms with E-state index in [9.17, 15) is 0 Å². The third kappa shape index (κ3) is 3.70. The highest BCUT2D eigenvalue weighted by molar-refractivity contribution is 7.09. The molecule has 1 fully saturated rings. The number of thiazole rings is 1. The van der Waals surface area contributed by atoms with Gasteiger partial charge >= 0.3 is 0 Å². The number of hydrogen-bond acceptors (Lipinski definition) is 4. The molecule has 5 heteroatoms. The fourth-order valence-corrected chi connectivity index (χ4v) is 2.81. The van der Waals surface area contributed by atoms with Gasteiger partial charge in [-0.05, 0) is 20.3 Å². The van der Waals surface area contributed by atoms with Crippen LogP contribution in [0.15, 0.2) is 5.51 Å². The summed E-state index contributed by atoms with van der Waals surface area (Å²) in [6.45, 7) is 9.02. The van der Waals surface area contributed by atoms with Crippen LogP contribution in [0.3, 0.4) is 0 Å². The van der Waals surface area contributed by atoms with E-state index in [1.807, 2.05) is 5.51 Å². The van der Waals surface area contributed by atoms with Gasteiger partial charge in [-0.1, -0.05) is 0 Å². The molecule has 0 radical (unpaired) electrons. The molecule has 0 aromatic carbocycles. The third-order valence-electron chi connectivity index (χ3n) is 2.95. The van der Waals surface area contributed by atoms with Gasteiger partial charge in [-0.25, -0.2) is 4.98 Å². The van der Waals surface area contributed by atoms with E-state index in [1.165, 1.54) is 30.2 Å². The lowest BCUT2D eigenvalue weighted by Crippen LogP contribution is -2.49. The summed E-state index contributed by atoms with van der Waals surface area (Å²) in [6, 6.07) is 0.640. The van der Waals surface area contributed by atoms with Crippen LogP contribution in [0.25, 0.3) is 0 Å². The number of piperazine rings is 1. The van der Waals surface area contributed by atoms with E-state index >= 15 is 0 Å². The molecule has 1 saturated heterocycles. The SMILES string of the molecule is Cc1ncsc1CCN1CCN[C@@H](C)C1.Cl. The second kappa shape index (κ2) is 6.55. The highest BCUT2D eigenvalue weighted by Crippen LogP contribution is 2.13. The molecular weight excluding hydrogens is 242 g/mol.